The number of pyridine rings is 1. The number of nitrogens with one attached hydrogen (secondary N) is 2. The zero-order valence-corrected chi connectivity index (χ0v) is 12.0. The van der Waals surface area contributed by atoms with Gasteiger partial charge in [-0.15, -0.1) is 0 Å². The first-order valence-electron chi connectivity index (χ1n) is 5.66. The van der Waals surface area contributed by atoms with Gasteiger partial charge in [0, 0.05) is 6.54 Å². The van der Waals surface area contributed by atoms with Crippen molar-refractivity contribution < 1.29 is 9.59 Å². The molecule has 0 saturated heterocycles. The van der Waals surface area contributed by atoms with Gasteiger partial charge in [0.2, 0.25) is 5.91 Å². The van der Waals surface area contributed by atoms with Gasteiger partial charge < -0.3 is 10.6 Å². The fourth-order valence-corrected chi connectivity index (χ4v) is 1.51. The van der Waals surface area contributed by atoms with Crippen LogP contribution in [0.5, 0.6) is 0 Å². The van der Waals surface area contributed by atoms with E-state index in [1.54, 1.807) is 18.2 Å². The van der Waals surface area contributed by atoms with Gasteiger partial charge in [-0.1, -0.05) is 19.9 Å². The Labute approximate surface area is 114 Å². The lowest BCUT2D eigenvalue weighted by molar-refractivity contribution is -0.120. The van der Waals surface area contributed by atoms with Crippen molar-refractivity contribution in [2.75, 3.05) is 13.1 Å². The molecule has 1 heterocycles. The van der Waals surface area contributed by atoms with Crippen LogP contribution in [-0.4, -0.2) is 29.9 Å². The highest BCUT2D eigenvalue weighted by molar-refractivity contribution is 9.10. The van der Waals surface area contributed by atoms with Gasteiger partial charge in [-0.3, -0.25) is 9.59 Å². The van der Waals surface area contributed by atoms with E-state index in [-0.39, 0.29) is 24.1 Å². The van der Waals surface area contributed by atoms with Crippen LogP contribution in [0, 0.1) is 5.92 Å². The Balaban J connectivity index is 2.39. The van der Waals surface area contributed by atoms with E-state index in [0.29, 0.717) is 17.1 Å². The molecule has 6 heteroatoms. The first-order valence-corrected chi connectivity index (χ1v) is 6.46. The zero-order valence-electron chi connectivity index (χ0n) is 10.4. The second-order valence-electron chi connectivity index (χ2n) is 4.23. The van der Waals surface area contributed by atoms with E-state index in [4.69, 9.17) is 0 Å². The van der Waals surface area contributed by atoms with Crippen LogP contribution in [0.3, 0.4) is 0 Å². The van der Waals surface area contributed by atoms with E-state index in [1.165, 1.54) is 0 Å². The quantitative estimate of drug-likeness (QED) is 0.806. The Morgan fingerprint density at radius 2 is 2.06 bits per heavy atom. The molecule has 1 aromatic rings. The molecule has 0 fully saturated rings. The van der Waals surface area contributed by atoms with E-state index >= 15 is 0 Å². The number of halogens is 1. The van der Waals surface area contributed by atoms with Crippen molar-refractivity contribution in [2.24, 2.45) is 5.92 Å². The van der Waals surface area contributed by atoms with Crippen LogP contribution in [0.4, 0.5) is 0 Å². The largest absolute Gasteiger partial charge is 0.354 e. The maximum atomic E-state index is 11.7. The first-order chi connectivity index (χ1) is 8.49. The molecule has 0 aromatic carbocycles. The number of hydrogen-bond donors (Lipinski definition) is 2. The molecule has 5 nitrogen and oxygen atoms in total. The van der Waals surface area contributed by atoms with E-state index in [1.807, 2.05) is 13.8 Å². The molecule has 0 aliphatic carbocycles. The summed E-state index contributed by atoms with van der Waals surface area (Å²) < 4.78 is 0.583. The maximum Gasteiger partial charge on any atom is 0.270 e. The minimum absolute atomic E-state index is 0.0419. The fourth-order valence-electron chi connectivity index (χ4n) is 1.17. The molecule has 2 N–H and O–H groups in total. The number of aromatic nitrogens is 1. The number of rotatable bonds is 5. The Bertz CT molecular complexity index is 435. The summed E-state index contributed by atoms with van der Waals surface area (Å²) in [6, 6.07) is 5.03. The summed E-state index contributed by atoms with van der Waals surface area (Å²) >= 11 is 3.18. The van der Waals surface area contributed by atoms with Gasteiger partial charge in [-0.25, -0.2) is 4.98 Å². The van der Waals surface area contributed by atoms with E-state index in [0.717, 1.165) is 0 Å². The van der Waals surface area contributed by atoms with E-state index in [2.05, 4.69) is 31.5 Å². The summed E-state index contributed by atoms with van der Waals surface area (Å²) in [6.07, 6.45) is 0. The van der Waals surface area contributed by atoms with Crippen molar-refractivity contribution in [2.45, 2.75) is 13.8 Å². The van der Waals surface area contributed by atoms with Gasteiger partial charge in [-0.2, -0.15) is 0 Å². The topological polar surface area (TPSA) is 71.1 Å². The third kappa shape index (κ3) is 5.27. The first kappa shape index (κ1) is 14.6. The predicted molar refractivity (Wildman–Crippen MR) is 72.1 cm³/mol. The van der Waals surface area contributed by atoms with Gasteiger partial charge >= 0.3 is 0 Å². The Morgan fingerprint density at radius 1 is 1.33 bits per heavy atom. The Morgan fingerprint density at radius 3 is 2.67 bits per heavy atom. The van der Waals surface area contributed by atoms with Crippen molar-refractivity contribution in [3.8, 4) is 0 Å². The standard InChI is InChI=1S/C12H16BrN3O2/c1-8(2)6-14-11(17)7-15-12(18)9-4-3-5-10(13)16-9/h3-5,8H,6-7H2,1-2H3,(H,14,17)(H,15,18). The van der Waals surface area contributed by atoms with Crippen LogP contribution < -0.4 is 10.6 Å². The number of hydrogen-bond acceptors (Lipinski definition) is 3. The molecule has 2 amide bonds. The van der Waals surface area contributed by atoms with Crippen LogP contribution in [-0.2, 0) is 4.79 Å². The molecule has 0 bridgehead atoms. The van der Waals surface area contributed by atoms with Crippen LogP contribution >= 0.6 is 15.9 Å². The SMILES string of the molecule is CC(C)CNC(=O)CNC(=O)c1cccc(Br)n1. The van der Waals surface area contributed by atoms with Crippen molar-refractivity contribution >= 4 is 27.7 Å². The molecule has 0 atom stereocenters. The summed E-state index contributed by atoms with van der Waals surface area (Å²) in [7, 11) is 0. The van der Waals surface area contributed by atoms with Crippen molar-refractivity contribution in [1.82, 2.24) is 15.6 Å². The van der Waals surface area contributed by atoms with Gasteiger partial charge in [0.05, 0.1) is 6.54 Å². The second kappa shape index (κ2) is 7.10. The lowest BCUT2D eigenvalue weighted by atomic mass is 10.2. The number of carbonyl (C=O) groups excluding carboxylic acids is 2. The van der Waals surface area contributed by atoms with Crippen LogP contribution in [0.1, 0.15) is 24.3 Å². The maximum absolute atomic E-state index is 11.7. The summed E-state index contributed by atoms with van der Waals surface area (Å²) in [5.41, 5.74) is 0.279. The van der Waals surface area contributed by atoms with Gasteiger partial charge in [0.1, 0.15) is 10.3 Å². The molecule has 0 aliphatic heterocycles. The molecule has 0 aliphatic rings. The Kier molecular flexibility index (Phi) is 5.77. The molecular weight excluding hydrogens is 298 g/mol. The molecule has 0 spiro atoms. The monoisotopic (exact) mass is 313 g/mol. The molecule has 0 saturated carbocycles. The average Bonchev–Trinajstić information content (AvgIpc) is 2.33. The lowest BCUT2D eigenvalue weighted by Crippen LogP contribution is -2.38. The smallest absolute Gasteiger partial charge is 0.270 e. The van der Waals surface area contributed by atoms with Crippen molar-refractivity contribution in [1.29, 1.82) is 0 Å². The lowest BCUT2D eigenvalue weighted by Gasteiger charge is -2.08. The second-order valence-corrected chi connectivity index (χ2v) is 5.04. The van der Waals surface area contributed by atoms with Crippen molar-refractivity contribution in [3.63, 3.8) is 0 Å². The summed E-state index contributed by atoms with van der Waals surface area (Å²) in [5.74, 6) is -0.181. The van der Waals surface area contributed by atoms with Crippen LogP contribution in [0.15, 0.2) is 22.8 Å². The normalized spacial score (nSPS) is 10.2. The van der Waals surface area contributed by atoms with Gasteiger partial charge in [-0.05, 0) is 34.0 Å². The number of nitrogens with zero attached hydrogens (tertiary/aromatic N) is 1. The minimum atomic E-state index is -0.365. The summed E-state index contributed by atoms with van der Waals surface area (Å²) in [6.45, 7) is 4.57. The Hall–Kier alpha value is -1.43. The van der Waals surface area contributed by atoms with Gasteiger partial charge in [0.25, 0.3) is 5.91 Å². The highest BCUT2D eigenvalue weighted by Gasteiger charge is 2.09. The molecule has 0 radical (unpaired) electrons. The third-order valence-electron chi connectivity index (χ3n) is 2.06. The minimum Gasteiger partial charge on any atom is -0.354 e. The molecular formula is C12H16BrN3O2. The molecule has 1 rings (SSSR count). The van der Waals surface area contributed by atoms with Gasteiger partial charge in [0.15, 0.2) is 0 Å². The highest BCUT2D eigenvalue weighted by atomic mass is 79.9. The highest BCUT2D eigenvalue weighted by Crippen LogP contribution is 2.05. The molecule has 1 aromatic heterocycles. The average molecular weight is 314 g/mol. The summed E-state index contributed by atoms with van der Waals surface area (Å²) in [5, 5.41) is 5.23. The van der Waals surface area contributed by atoms with Crippen LogP contribution in [0.2, 0.25) is 0 Å². The third-order valence-corrected chi connectivity index (χ3v) is 2.51. The predicted octanol–water partition coefficient (Wildman–Crippen LogP) is 1.35. The number of amides is 2. The van der Waals surface area contributed by atoms with E-state index in [9.17, 15) is 9.59 Å². The van der Waals surface area contributed by atoms with Crippen LogP contribution in [0.25, 0.3) is 0 Å². The fraction of sp³-hybridized carbons (Fsp3) is 0.417. The van der Waals surface area contributed by atoms with E-state index < -0.39 is 0 Å². The molecule has 98 valence electrons. The zero-order chi connectivity index (χ0) is 13.5. The summed E-state index contributed by atoms with van der Waals surface area (Å²) in [4.78, 5) is 27.1. The molecule has 0 unspecified atom stereocenters. The van der Waals surface area contributed by atoms with Crippen molar-refractivity contribution in [3.05, 3.63) is 28.5 Å². The molecule has 18 heavy (non-hydrogen) atoms. The number of carbonyl (C=O) groups is 2.